The molecule has 6 unspecified atom stereocenters. The molecule has 4 fully saturated rings. The van der Waals surface area contributed by atoms with Gasteiger partial charge in [0.15, 0.2) is 11.5 Å². The van der Waals surface area contributed by atoms with Gasteiger partial charge in [0.05, 0.1) is 11.1 Å². The average molecular weight is 506 g/mol. The van der Waals surface area contributed by atoms with E-state index in [1.807, 2.05) is 12.1 Å². The third-order valence-corrected chi connectivity index (χ3v) is 11.3. The van der Waals surface area contributed by atoms with E-state index in [9.17, 15) is 14.0 Å². The lowest BCUT2D eigenvalue weighted by Gasteiger charge is -2.60. The van der Waals surface area contributed by atoms with E-state index in [-0.39, 0.29) is 28.7 Å². The number of nitrogens with one attached hydrogen (secondary N) is 2. The van der Waals surface area contributed by atoms with Crippen molar-refractivity contribution in [3.8, 4) is 0 Å². The largest absolute Gasteiger partial charge is 0.343 e. The molecule has 5 aliphatic rings. The number of nitrogens with zero attached hydrogens (tertiary/aromatic N) is 3. The van der Waals surface area contributed by atoms with E-state index in [4.69, 9.17) is 4.98 Å². The average Bonchev–Trinajstić information content (AvgIpc) is 3.35. The fourth-order valence-corrected chi connectivity index (χ4v) is 9.20. The molecule has 2 aromatic rings. The maximum absolute atomic E-state index is 14.7. The molecular formula is C29H36FN5O2. The van der Waals surface area contributed by atoms with E-state index < -0.39 is 17.3 Å². The van der Waals surface area contributed by atoms with Gasteiger partial charge >= 0.3 is 0 Å². The topological polar surface area (TPSA) is 91.0 Å². The molecule has 196 valence electrons. The van der Waals surface area contributed by atoms with Crippen molar-refractivity contribution < 1.29 is 14.0 Å². The molecule has 0 radical (unpaired) electrons. The molecule has 4 saturated carbocycles. The molecule has 0 spiro atoms. The molecule has 2 amide bonds. The van der Waals surface area contributed by atoms with Crippen LogP contribution in [-0.4, -0.2) is 44.8 Å². The number of pyridine rings is 1. The van der Waals surface area contributed by atoms with Gasteiger partial charge in [0.1, 0.15) is 5.82 Å². The van der Waals surface area contributed by atoms with Crippen LogP contribution in [0.15, 0.2) is 30.2 Å². The predicted molar refractivity (Wildman–Crippen MR) is 137 cm³/mol. The number of aromatic amines is 1. The zero-order valence-corrected chi connectivity index (χ0v) is 21.9. The number of likely N-dealkylation sites (N-methyl/N-ethyl adjacent to an activating group) is 1. The number of aromatic nitrogens is 3. The van der Waals surface area contributed by atoms with Crippen LogP contribution in [0.3, 0.4) is 0 Å². The Bertz CT molecular complexity index is 1300. The molecule has 0 saturated heterocycles. The quantitative estimate of drug-likeness (QED) is 0.637. The zero-order chi connectivity index (χ0) is 25.7. The van der Waals surface area contributed by atoms with Gasteiger partial charge in [0, 0.05) is 30.6 Å². The second kappa shape index (κ2) is 7.64. The molecule has 3 heterocycles. The fourth-order valence-electron chi connectivity index (χ4n) is 9.20. The number of carbonyl (C=O) groups is 2. The van der Waals surface area contributed by atoms with E-state index in [1.165, 1.54) is 0 Å². The molecule has 8 heteroatoms. The summed E-state index contributed by atoms with van der Waals surface area (Å²) in [7, 11) is 1.76. The first kappa shape index (κ1) is 23.4. The van der Waals surface area contributed by atoms with Gasteiger partial charge in [-0.3, -0.25) is 9.59 Å². The molecule has 7 nitrogen and oxygen atoms in total. The number of carbonyl (C=O) groups excluding carboxylic acids is 2. The fraction of sp³-hybridized carbons (Fsp3) is 0.655. The van der Waals surface area contributed by atoms with Crippen LogP contribution in [0.25, 0.3) is 11.2 Å². The highest BCUT2D eigenvalue weighted by Gasteiger charge is 2.63. The first-order valence-electron chi connectivity index (χ1n) is 13.9. The highest BCUT2D eigenvalue weighted by Crippen LogP contribution is 2.66. The third-order valence-electron chi connectivity index (χ3n) is 11.3. The Morgan fingerprint density at radius 2 is 1.95 bits per heavy atom. The summed E-state index contributed by atoms with van der Waals surface area (Å²) < 4.78 is 14.7. The smallest absolute Gasteiger partial charge is 0.282 e. The summed E-state index contributed by atoms with van der Waals surface area (Å²) in [5.74, 6) is 1.11. The summed E-state index contributed by atoms with van der Waals surface area (Å²) in [6.45, 7) is 4.50. The maximum atomic E-state index is 14.7. The summed E-state index contributed by atoms with van der Waals surface area (Å²) in [6, 6.07) is 3.91. The Labute approximate surface area is 216 Å². The van der Waals surface area contributed by atoms with Crippen molar-refractivity contribution in [2.24, 2.45) is 34.5 Å². The van der Waals surface area contributed by atoms with Crippen molar-refractivity contribution >= 4 is 23.0 Å². The summed E-state index contributed by atoms with van der Waals surface area (Å²) in [4.78, 5) is 40.3. The first-order valence-corrected chi connectivity index (χ1v) is 13.9. The summed E-state index contributed by atoms with van der Waals surface area (Å²) in [5.41, 5.74) is 0.780. The number of hydrogen-bond acceptors (Lipinski definition) is 4. The summed E-state index contributed by atoms with van der Waals surface area (Å²) in [6.07, 6.45) is 11.0. The lowest BCUT2D eigenvalue weighted by Crippen LogP contribution is -2.60. The van der Waals surface area contributed by atoms with Gasteiger partial charge < -0.3 is 15.2 Å². The normalized spacial score (nSPS) is 40.0. The van der Waals surface area contributed by atoms with Gasteiger partial charge in [-0.15, -0.1) is 0 Å². The van der Waals surface area contributed by atoms with Crippen LogP contribution >= 0.6 is 0 Å². The summed E-state index contributed by atoms with van der Waals surface area (Å²) >= 11 is 0. The minimum absolute atomic E-state index is 0.0214. The molecular weight excluding hydrogens is 469 g/mol. The molecule has 37 heavy (non-hydrogen) atoms. The van der Waals surface area contributed by atoms with Gasteiger partial charge in [-0.05, 0) is 92.7 Å². The summed E-state index contributed by atoms with van der Waals surface area (Å²) in [5, 5.41) is 3.42. The van der Waals surface area contributed by atoms with Crippen molar-refractivity contribution in [2.45, 2.75) is 76.8 Å². The van der Waals surface area contributed by atoms with Crippen molar-refractivity contribution in [3.63, 3.8) is 0 Å². The Morgan fingerprint density at radius 1 is 1.14 bits per heavy atom. The minimum Gasteiger partial charge on any atom is -0.343 e. The second-order valence-electron chi connectivity index (χ2n) is 13.0. The van der Waals surface area contributed by atoms with Crippen LogP contribution in [0.4, 0.5) is 4.39 Å². The van der Waals surface area contributed by atoms with Crippen molar-refractivity contribution in [3.05, 3.63) is 36.1 Å². The van der Waals surface area contributed by atoms with Crippen LogP contribution < -0.4 is 5.32 Å². The van der Waals surface area contributed by atoms with Crippen LogP contribution in [0, 0.1) is 34.5 Å². The number of imidazole rings is 1. The number of hydrogen-bond donors (Lipinski definition) is 2. The first-order chi connectivity index (χ1) is 17.7. The van der Waals surface area contributed by atoms with Gasteiger partial charge in [-0.1, -0.05) is 13.8 Å². The van der Waals surface area contributed by atoms with Gasteiger partial charge in [0.2, 0.25) is 5.91 Å². The molecule has 0 bridgehead atoms. The van der Waals surface area contributed by atoms with Crippen molar-refractivity contribution in [1.82, 2.24) is 25.2 Å². The van der Waals surface area contributed by atoms with Crippen LogP contribution in [-0.2, 0) is 15.1 Å². The van der Waals surface area contributed by atoms with E-state index in [2.05, 4.69) is 29.1 Å². The molecule has 2 aromatic heterocycles. The monoisotopic (exact) mass is 505 g/mol. The molecule has 7 rings (SSSR count). The number of halogens is 1. The minimum atomic E-state index is -0.602. The Kier molecular flexibility index (Phi) is 4.82. The Hall–Kier alpha value is -2.77. The van der Waals surface area contributed by atoms with Gasteiger partial charge in [-0.25, -0.2) is 14.4 Å². The SMILES string of the molecule is CN1C(=O)C(F)=CC2(C)C3CCC4(C)C(CC[C@@H]4C(=O)NC4(c5nc6ncccc6[nH]5)CC4)C3CCC12. The van der Waals surface area contributed by atoms with Crippen LogP contribution in [0.5, 0.6) is 0 Å². The van der Waals surface area contributed by atoms with Crippen LogP contribution in [0.1, 0.15) is 71.0 Å². The Morgan fingerprint density at radius 3 is 2.70 bits per heavy atom. The number of fused-ring (bicyclic) bond motifs is 6. The van der Waals surface area contributed by atoms with Crippen molar-refractivity contribution in [2.75, 3.05) is 7.05 Å². The lowest BCUT2D eigenvalue weighted by molar-refractivity contribution is -0.145. The van der Waals surface area contributed by atoms with Crippen molar-refractivity contribution in [1.29, 1.82) is 0 Å². The molecule has 7 atom stereocenters. The van der Waals surface area contributed by atoms with E-state index >= 15 is 0 Å². The van der Waals surface area contributed by atoms with Crippen LogP contribution in [0.2, 0.25) is 0 Å². The highest BCUT2D eigenvalue weighted by atomic mass is 19.1. The standard InChI is InChI=1S/C29H36FN5O2/c1-27-11-10-18-16(6-9-22-28(18,2)15-20(30)25(37)35(22)3)17(27)7-8-19(27)24(36)34-29(12-13-29)26-32-21-5-4-14-31-23(21)33-26/h4-5,14-19,22H,6-13H2,1-3H3,(H,34,36)(H,31,32,33)/t16?,17?,18?,19-,22?,27?,28?/m1/s1. The second-order valence-corrected chi connectivity index (χ2v) is 13.0. The lowest BCUT2D eigenvalue weighted by atomic mass is 9.47. The number of rotatable bonds is 3. The van der Waals surface area contributed by atoms with Gasteiger partial charge in [0.25, 0.3) is 5.91 Å². The van der Waals surface area contributed by atoms with Gasteiger partial charge in [-0.2, -0.15) is 0 Å². The van der Waals surface area contributed by atoms with E-state index in [0.29, 0.717) is 23.4 Å². The number of amides is 2. The predicted octanol–water partition coefficient (Wildman–Crippen LogP) is 4.62. The Balaban J connectivity index is 1.13. The zero-order valence-electron chi connectivity index (χ0n) is 21.9. The molecule has 2 N–H and O–H groups in total. The molecule has 0 aromatic carbocycles. The number of H-pyrrole nitrogens is 1. The molecule has 1 aliphatic heterocycles. The third kappa shape index (κ3) is 3.16. The van der Waals surface area contributed by atoms with E-state index in [0.717, 1.165) is 62.7 Å². The molecule has 4 aliphatic carbocycles. The highest BCUT2D eigenvalue weighted by molar-refractivity contribution is 5.92. The van der Waals surface area contributed by atoms with E-state index in [1.54, 1.807) is 24.2 Å². The maximum Gasteiger partial charge on any atom is 0.282 e.